The van der Waals surface area contributed by atoms with E-state index in [1.54, 1.807) is 18.2 Å². The van der Waals surface area contributed by atoms with Crippen LogP contribution in [0.15, 0.2) is 36.4 Å². The number of benzene rings is 2. The average molecular weight is 353 g/mol. The van der Waals surface area contributed by atoms with Crippen molar-refractivity contribution >= 4 is 40.5 Å². The van der Waals surface area contributed by atoms with Gasteiger partial charge in [-0.1, -0.05) is 29.3 Å². The highest BCUT2D eigenvalue weighted by molar-refractivity contribution is 6.39. The van der Waals surface area contributed by atoms with Crippen LogP contribution in [-0.4, -0.2) is 19.2 Å². The highest BCUT2D eigenvalue weighted by Crippen LogP contribution is 2.34. The molecule has 0 saturated carbocycles. The van der Waals surface area contributed by atoms with Gasteiger partial charge in [-0.3, -0.25) is 4.79 Å². The molecule has 1 amide bonds. The van der Waals surface area contributed by atoms with Gasteiger partial charge in [-0.25, -0.2) is 0 Å². The molecule has 1 aliphatic rings. The molecule has 2 aromatic carbocycles. The molecule has 23 heavy (non-hydrogen) atoms. The summed E-state index contributed by atoms with van der Waals surface area (Å²) in [7, 11) is 0. The van der Waals surface area contributed by atoms with Gasteiger partial charge in [0.1, 0.15) is 0 Å². The van der Waals surface area contributed by atoms with Crippen molar-refractivity contribution in [1.82, 2.24) is 0 Å². The van der Waals surface area contributed by atoms with Crippen molar-refractivity contribution in [3.8, 4) is 11.5 Å². The van der Waals surface area contributed by atoms with Gasteiger partial charge in [-0.15, -0.1) is 0 Å². The van der Waals surface area contributed by atoms with E-state index in [9.17, 15) is 4.79 Å². The molecule has 0 bridgehead atoms. The second-order valence-electron chi connectivity index (χ2n) is 4.89. The van der Waals surface area contributed by atoms with Gasteiger partial charge in [0.2, 0.25) is 12.7 Å². The van der Waals surface area contributed by atoms with Gasteiger partial charge < -0.3 is 20.1 Å². The number of para-hydroxylation sites is 1. The van der Waals surface area contributed by atoms with E-state index in [2.05, 4.69) is 10.6 Å². The summed E-state index contributed by atoms with van der Waals surface area (Å²) in [6.45, 7) is 0.702. The van der Waals surface area contributed by atoms with Gasteiger partial charge >= 0.3 is 0 Å². The van der Waals surface area contributed by atoms with E-state index < -0.39 is 0 Å². The molecular weight excluding hydrogens is 339 g/mol. The minimum atomic E-state index is -0.173. The first-order chi connectivity index (χ1) is 11.1. The first kappa shape index (κ1) is 15.8. The van der Waals surface area contributed by atoms with Crippen LogP contribution >= 0.6 is 23.2 Å². The van der Waals surface area contributed by atoms with Crippen LogP contribution in [0.2, 0.25) is 10.0 Å². The summed E-state index contributed by atoms with van der Waals surface area (Å²) >= 11 is 12.0. The summed E-state index contributed by atoms with van der Waals surface area (Å²) in [6.07, 6.45) is 0.274. The maximum atomic E-state index is 12.0. The number of anilines is 2. The number of hydrogen-bond acceptors (Lipinski definition) is 4. The Morgan fingerprint density at radius 2 is 1.83 bits per heavy atom. The Balaban J connectivity index is 1.51. The van der Waals surface area contributed by atoms with Crippen LogP contribution in [0.5, 0.6) is 11.5 Å². The van der Waals surface area contributed by atoms with Crippen molar-refractivity contribution in [1.29, 1.82) is 0 Å². The first-order valence-corrected chi connectivity index (χ1v) is 7.76. The van der Waals surface area contributed by atoms with E-state index in [0.29, 0.717) is 28.0 Å². The molecule has 0 radical (unpaired) electrons. The number of rotatable bonds is 5. The Hall–Kier alpha value is -2.11. The van der Waals surface area contributed by atoms with Gasteiger partial charge in [-0.05, 0) is 24.3 Å². The van der Waals surface area contributed by atoms with E-state index in [1.165, 1.54) is 0 Å². The summed E-state index contributed by atoms with van der Waals surface area (Å²) in [5.41, 5.74) is 1.29. The maximum absolute atomic E-state index is 12.0. The van der Waals surface area contributed by atoms with Crippen LogP contribution < -0.4 is 20.1 Å². The van der Waals surface area contributed by atoms with Gasteiger partial charge in [-0.2, -0.15) is 0 Å². The van der Waals surface area contributed by atoms with Crippen LogP contribution in [-0.2, 0) is 4.79 Å². The Morgan fingerprint density at radius 1 is 1.09 bits per heavy atom. The molecule has 0 fully saturated rings. The molecule has 2 aromatic rings. The van der Waals surface area contributed by atoms with Crippen molar-refractivity contribution < 1.29 is 14.3 Å². The van der Waals surface area contributed by atoms with E-state index in [4.69, 9.17) is 32.7 Å². The fourth-order valence-corrected chi connectivity index (χ4v) is 2.64. The lowest BCUT2D eigenvalue weighted by Gasteiger charge is -2.10. The van der Waals surface area contributed by atoms with E-state index in [-0.39, 0.29) is 19.1 Å². The standard InChI is InChI=1S/C16H14Cl2N2O3/c17-11-2-1-3-12(18)16(11)20-15(21)6-7-19-10-4-5-13-14(8-10)23-9-22-13/h1-5,8,19H,6-7,9H2,(H,20,21). The molecule has 0 aliphatic carbocycles. The second kappa shape index (κ2) is 6.98. The van der Waals surface area contributed by atoms with E-state index >= 15 is 0 Å². The number of amides is 1. The van der Waals surface area contributed by atoms with Crippen LogP contribution in [0.25, 0.3) is 0 Å². The molecule has 0 saturated heterocycles. The number of nitrogens with one attached hydrogen (secondary N) is 2. The minimum Gasteiger partial charge on any atom is -0.454 e. The predicted molar refractivity (Wildman–Crippen MR) is 90.8 cm³/mol. The minimum absolute atomic E-state index is 0.173. The smallest absolute Gasteiger partial charge is 0.231 e. The highest BCUT2D eigenvalue weighted by Gasteiger charge is 2.13. The number of ether oxygens (including phenoxy) is 2. The van der Waals surface area contributed by atoms with Crippen molar-refractivity contribution in [2.24, 2.45) is 0 Å². The third-order valence-corrected chi connectivity index (χ3v) is 3.91. The molecule has 1 heterocycles. The zero-order valence-corrected chi connectivity index (χ0v) is 13.6. The van der Waals surface area contributed by atoms with Gasteiger partial charge in [0.05, 0.1) is 15.7 Å². The quantitative estimate of drug-likeness (QED) is 0.847. The number of hydrogen-bond donors (Lipinski definition) is 2. The van der Waals surface area contributed by atoms with Crippen LogP contribution in [0.1, 0.15) is 6.42 Å². The normalized spacial score (nSPS) is 12.1. The SMILES string of the molecule is O=C(CCNc1ccc2c(c1)OCO2)Nc1c(Cl)cccc1Cl. The molecule has 1 aliphatic heterocycles. The lowest BCUT2D eigenvalue weighted by atomic mass is 10.2. The Bertz CT molecular complexity index is 717. The Labute approximate surface area is 143 Å². The summed E-state index contributed by atoms with van der Waals surface area (Å²) in [5.74, 6) is 1.25. The fraction of sp³-hybridized carbons (Fsp3) is 0.188. The summed E-state index contributed by atoms with van der Waals surface area (Å²) in [5, 5.41) is 6.70. The Morgan fingerprint density at radius 3 is 2.61 bits per heavy atom. The molecule has 5 nitrogen and oxygen atoms in total. The zero-order chi connectivity index (χ0) is 16.2. The highest BCUT2D eigenvalue weighted by atomic mass is 35.5. The lowest BCUT2D eigenvalue weighted by Crippen LogP contribution is -2.16. The monoisotopic (exact) mass is 352 g/mol. The largest absolute Gasteiger partial charge is 0.454 e. The third kappa shape index (κ3) is 3.81. The third-order valence-electron chi connectivity index (χ3n) is 3.28. The van der Waals surface area contributed by atoms with Crippen molar-refractivity contribution in [2.75, 3.05) is 24.0 Å². The van der Waals surface area contributed by atoms with Crippen LogP contribution in [0.3, 0.4) is 0 Å². The topological polar surface area (TPSA) is 59.6 Å². The van der Waals surface area contributed by atoms with Crippen LogP contribution in [0, 0.1) is 0 Å². The van der Waals surface area contributed by atoms with Crippen molar-refractivity contribution in [2.45, 2.75) is 6.42 Å². The predicted octanol–water partition coefficient (Wildman–Crippen LogP) is 4.16. The van der Waals surface area contributed by atoms with Crippen LogP contribution in [0.4, 0.5) is 11.4 Å². The van der Waals surface area contributed by atoms with E-state index in [0.717, 1.165) is 11.4 Å². The first-order valence-electron chi connectivity index (χ1n) is 7.01. The molecule has 120 valence electrons. The number of halogens is 2. The number of carbonyl (C=O) groups excluding carboxylic acids is 1. The zero-order valence-electron chi connectivity index (χ0n) is 12.1. The molecule has 2 N–H and O–H groups in total. The van der Waals surface area contributed by atoms with Gasteiger partial charge in [0.25, 0.3) is 0 Å². The molecule has 0 atom stereocenters. The van der Waals surface area contributed by atoms with Gasteiger partial charge in [0, 0.05) is 24.7 Å². The Kier molecular flexibility index (Phi) is 4.79. The lowest BCUT2D eigenvalue weighted by molar-refractivity contribution is -0.115. The molecule has 0 aromatic heterocycles. The summed E-state index contributed by atoms with van der Waals surface area (Å²) in [4.78, 5) is 12.0. The fourth-order valence-electron chi connectivity index (χ4n) is 2.15. The molecule has 7 heteroatoms. The summed E-state index contributed by atoms with van der Waals surface area (Å²) < 4.78 is 10.5. The molecule has 3 rings (SSSR count). The second-order valence-corrected chi connectivity index (χ2v) is 5.70. The van der Waals surface area contributed by atoms with E-state index in [1.807, 2.05) is 18.2 Å². The van der Waals surface area contributed by atoms with Crippen molar-refractivity contribution in [3.63, 3.8) is 0 Å². The summed E-state index contributed by atoms with van der Waals surface area (Å²) in [6, 6.07) is 10.6. The van der Waals surface area contributed by atoms with Gasteiger partial charge in [0.15, 0.2) is 11.5 Å². The maximum Gasteiger partial charge on any atom is 0.231 e. The number of fused-ring (bicyclic) bond motifs is 1. The molecule has 0 unspecified atom stereocenters. The molecule has 0 spiro atoms. The molecular formula is C16H14Cl2N2O3. The van der Waals surface area contributed by atoms with Crippen molar-refractivity contribution in [3.05, 3.63) is 46.4 Å². The average Bonchev–Trinajstić information content (AvgIpc) is 2.99. The number of carbonyl (C=O) groups is 1.